The molecule has 33 heavy (non-hydrogen) atoms. The van der Waals surface area contributed by atoms with Gasteiger partial charge in [0.15, 0.2) is 0 Å². The SMILES string of the molecule is Cc1ccc(COc2ccc(C=NNC(=O)CCC(=O)Nc3ccccc3Cl)cc2Br)cc1. The van der Waals surface area contributed by atoms with Crippen molar-refractivity contribution in [2.75, 3.05) is 5.32 Å². The summed E-state index contributed by atoms with van der Waals surface area (Å²) in [4.78, 5) is 23.9. The van der Waals surface area contributed by atoms with Gasteiger partial charge in [0.05, 0.1) is 21.4 Å². The number of aryl methyl sites for hydroxylation is 1. The van der Waals surface area contributed by atoms with Gasteiger partial charge in [0.1, 0.15) is 12.4 Å². The maximum absolute atomic E-state index is 12.0. The van der Waals surface area contributed by atoms with E-state index in [1.165, 1.54) is 11.8 Å². The highest BCUT2D eigenvalue weighted by atomic mass is 79.9. The van der Waals surface area contributed by atoms with Gasteiger partial charge in [0, 0.05) is 12.8 Å². The number of benzene rings is 3. The van der Waals surface area contributed by atoms with E-state index in [4.69, 9.17) is 16.3 Å². The molecule has 3 aromatic carbocycles. The monoisotopic (exact) mass is 527 g/mol. The summed E-state index contributed by atoms with van der Waals surface area (Å²) in [5.41, 5.74) is 6.01. The molecule has 3 rings (SSSR count). The Morgan fingerprint density at radius 2 is 1.76 bits per heavy atom. The molecule has 170 valence electrons. The lowest BCUT2D eigenvalue weighted by molar-refractivity contribution is -0.124. The molecule has 0 aromatic heterocycles. The second kappa shape index (κ2) is 12.2. The number of halogens is 2. The molecule has 0 heterocycles. The van der Waals surface area contributed by atoms with E-state index in [2.05, 4.69) is 31.8 Å². The highest BCUT2D eigenvalue weighted by molar-refractivity contribution is 9.10. The van der Waals surface area contributed by atoms with E-state index in [-0.39, 0.29) is 24.7 Å². The first-order valence-electron chi connectivity index (χ1n) is 10.2. The first-order chi connectivity index (χ1) is 15.9. The van der Waals surface area contributed by atoms with E-state index in [0.717, 1.165) is 15.6 Å². The van der Waals surface area contributed by atoms with Gasteiger partial charge in [-0.1, -0.05) is 53.6 Å². The average molecular weight is 529 g/mol. The number of hydrogen-bond donors (Lipinski definition) is 2. The Labute approximate surface area is 206 Å². The largest absolute Gasteiger partial charge is 0.488 e. The maximum atomic E-state index is 12.0. The van der Waals surface area contributed by atoms with Crippen molar-refractivity contribution in [2.24, 2.45) is 5.10 Å². The highest BCUT2D eigenvalue weighted by Gasteiger charge is 2.08. The Kier molecular flexibility index (Phi) is 9.04. The number of hydrazone groups is 1. The van der Waals surface area contributed by atoms with Gasteiger partial charge in [-0.3, -0.25) is 9.59 Å². The van der Waals surface area contributed by atoms with Crippen molar-refractivity contribution in [3.63, 3.8) is 0 Å². The number of carbonyl (C=O) groups is 2. The number of nitrogens with one attached hydrogen (secondary N) is 2. The molecule has 0 aliphatic heterocycles. The zero-order valence-electron chi connectivity index (χ0n) is 18.0. The van der Waals surface area contributed by atoms with Crippen molar-refractivity contribution in [3.05, 3.63) is 92.9 Å². The van der Waals surface area contributed by atoms with E-state index in [9.17, 15) is 9.59 Å². The standard InChI is InChI=1S/C25H23BrClN3O3/c1-17-6-8-18(9-7-17)16-33-23-11-10-19(14-20(23)26)15-28-30-25(32)13-12-24(31)29-22-5-3-2-4-21(22)27/h2-11,14-15H,12-13,16H2,1H3,(H,29,31)(H,30,32). The van der Waals surface area contributed by atoms with Gasteiger partial charge in [-0.15, -0.1) is 0 Å². The van der Waals surface area contributed by atoms with Crippen LogP contribution >= 0.6 is 27.5 Å². The predicted molar refractivity (Wildman–Crippen MR) is 135 cm³/mol. The molecule has 0 unspecified atom stereocenters. The third-order valence-electron chi connectivity index (χ3n) is 4.60. The predicted octanol–water partition coefficient (Wildman–Crippen LogP) is 5.86. The van der Waals surface area contributed by atoms with Crippen LogP contribution in [0.25, 0.3) is 0 Å². The smallest absolute Gasteiger partial charge is 0.240 e. The molecule has 6 nitrogen and oxygen atoms in total. The van der Waals surface area contributed by atoms with Crippen molar-refractivity contribution in [1.29, 1.82) is 0 Å². The summed E-state index contributed by atoms with van der Waals surface area (Å²) in [5, 5.41) is 7.07. The lowest BCUT2D eigenvalue weighted by Crippen LogP contribution is -2.20. The average Bonchev–Trinajstić information content (AvgIpc) is 2.80. The molecule has 8 heteroatoms. The number of carbonyl (C=O) groups excluding carboxylic acids is 2. The van der Waals surface area contributed by atoms with Gasteiger partial charge in [0.25, 0.3) is 0 Å². The summed E-state index contributed by atoms with van der Waals surface area (Å²) in [6.07, 6.45) is 1.55. The van der Waals surface area contributed by atoms with E-state index in [1.807, 2.05) is 49.4 Å². The third-order valence-corrected chi connectivity index (χ3v) is 5.55. The normalized spacial score (nSPS) is 10.8. The first kappa shape index (κ1) is 24.5. The first-order valence-corrected chi connectivity index (χ1v) is 11.4. The number of nitrogens with zero attached hydrogens (tertiary/aromatic N) is 1. The fourth-order valence-electron chi connectivity index (χ4n) is 2.80. The van der Waals surface area contributed by atoms with Crippen molar-refractivity contribution in [3.8, 4) is 5.75 Å². The molecule has 0 aliphatic carbocycles. The van der Waals surface area contributed by atoms with Crippen molar-refractivity contribution in [1.82, 2.24) is 5.43 Å². The second-order valence-electron chi connectivity index (χ2n) is 7.29. The van der Waals surface area contributed by atoms with Gasteiger partial charge in [-0.25, -0.2) is 5.43 Å². The summed E-state index contributed by atoms with van der Waals surface area (Å²) in [6, 6.07) is 20.6. The van der Waals surface area contributed by atoms with Crippen LogP contribution < -0.4 is 15.5 Å². The lowest BCUT2D eigenvalue weighted by Gasteiger charge is -2.09. The minimum Gasteiger partial charge on any atom is -0.488 e. The van der Waals surface area contributed by atoms with Gasteiger partial charge >= 0.3 is 0 Å². The van der Waals surface area contributed by atoms with Crippen LogP contribution in [0.1, 0.15) is 29.5 Å². The van der Waals surface area contributed by atoms with Crippen LogP contribution in [0.3, 0.4) is 0 Å². The minimum absolute atomic E-state index is 0.00308. The van der Waals surface area contributed by atoms with Crippen molar-refractivity contribution in [2.45, 2.75) is 26.4 Å². The molecule has 0 fully saturated rings. The summed E-state index contributed by atoms with van der Waals surface area (Å²) in [7, 11) is 0. The Bertz CT molecular complexity index is 1150. The van der Waals surface area contributed by atoms with Gasteiger partial charge in [-0.2, -0.15) is 5.10 Å². The molecule has 0 bridgehead atoms. The highest BCUT2D eigenvalue weighted by Crippen LogP contribution is 2.26. The molecule has 3 aromatic rings. The second-order valence-corrected chi connectivity index (χ2v) is 8.55. The Morgan fingerprint density at radius 1 is 1.03 bits per heavy atom. The van der Waals surface area contributed by atoms with E-state index in [1.54, 1.807) is 24.3 Å². The number of ether oxygens (including phenoxy) is 1. The molecule has 0 radical (unpaired) electrons. The Hall–Kier alpha value is -3.16. The van der Waals surface area contributed by atoms with E-state index in [0.29, 0.717) is 23.1 Å². The molecule has 0 aliphatic rings. The van der Waals surface area contributed by atoms with Crippen LogP contribution in [0.15, 0.2) is 76.3 Å². The summed E-state index contributed by atoms with van der Waals surface area (Å²) >= 11 is 9.50. The summed E-state index contributed by atoms with van der Waals surface area (Å²) < 4.78 is 6.64. The number of para-hydroxylation sites is 1. The molecule has 0 atom stereocenters. The fourth-order valence-corrected chi connectivity index (χ4v) is 3.49. The van der Waals surface area contributed by atoms with Crippen molar-refractivity contribution >= 4 is 51.2 Å². The zero-order chi connectivity index (χ0) is 23.6. The topological polar surface area (TPSA) is 79.8 Å². The molecule has 2 amide bonds. The van der Waals surface area contributed by atoms with Crippen LogP contribution in [-0.2, 0) is 16.2 Å². The fraction of sp³-hybridized carbons (Fsp3) is 0.160. The summed E-state index contributed by atoms with van der Waals surface area (Å²) in [6.45, 7) is 2.51. The van der Waals surface area contributed by atoms with Crippen LogP contribution in [0.4, 0.5) is 5.69 Å². The number of anilines is 1. The van der Waals surface area contributed by atoms with Gasteiger partial charge in [-0.05, 0) is 64.3 Å². The van der Waals surface area contributed by atoms with Crippen LogP contribution in [-0.4, -0.2) is 18.0 Å². The van der Waals surface area contributed by atoms with Gasteiger partial charge < -0.3 is 10.1 Å². The van der Waals surface area contributed by atoms with E-state index >= 15 is 0 Å². The molecule has 2 N–H and O–H groups in total. The van der Waals surface area contributed by atoms with Gasteiger partial charge in [0.2, 0.25) is 11.8 Å². The quantitative estimate of drug-likeness (QED) is 0.270. The minimum atomic E-state index is -0.363. The number of amides is 2. The molecule has 0 saturated heterocycles. The lowest BCUT2D eigenvalue weighted by atomic mass is 10.2. The van der Waals surface area contributed by atoms with Crippen LogP contribution in [0.5, 0.6) is 5.75 Å². The third kappa shape index (κ3) is 8.04. The Morgan fingerprint density at radius 3 is 2.48 bits per heavy atom. The zero-order valence-corrected chi connectivity index (χ0v) is 20.3. The summed E-state index contributed by atoms with van der Waals surface area (Å²) in [5.74, 6) is 0.0476. The molecule has 0 spiro atoms. The number of rotatable bonds is 9. The van der Waals surface area contributed by atoms with Crippen molar-refractivity contribution < 1.29 is 14.3 Å². The molecule has 0 saturated carbocycles. The molecular formula is C25H23BrClN3O3. The number of hydrogen-bond acceptors (Lipinski definition) is 4. The van der Waals surface area contributed by atoms with Crippen LogP contribution in [0.2, 0.25) is 5.02 Å². The van der Waals surface area contributed by atoms with E-state index < -0.39 is 0 Å². The Balaban J connectivity index is 1.43. The van der Waals surface area contributed by atoms with Crippen LogP contribution in [0, 0.1) is 6.92 Å². The maximum Gasteiger partial charge on any atom is 0.240 e. The molecular weight excluding hydrogens is 506 g/mol.